The van der Waals surface area contributed by atoms with E-state index in [1.807, 2.05) is 6.07 Å². The fraction of sp³-hybridized carbons (Fsp3) is 0.273. The van der Waals surface area contributed by atoms with E-state index in [1.165, 1.54) is 19.2 Å². The number of ether oxygens (including phenoxy) is 2. The largest absolute Gasteiger partial charge is 0.493 e. The van der Waals surface area contributed by atoms with Gasteiger partial charge in [0.15, 0.2) is 11.5 Å². The summed E-state index contributed by atoms with van der Waals surface area (Å²) in [6, 6.07) is 4.81. The van der Waals surface area contributed by atoms with E-state index in [0.29, 0.717) is 17.9 Å². The summed E-state index contributed by atoms with van der Waals surface area (Å²) >= 11 is 0. The van der Waals surface area contributed by atoms with Crippen molar-refractivity contribution in [2.45, 2.75) is 6.92 Å². The Morgan fingerprint density at radius 1 is 1.56 bits per heavy atom. The van der Waals surface area contributed by atoms with Gasteiger partial charge in [-0.25, -0.2) is 0 Å². The number of hydrogen-bond acceptors (Lipinski definition) is 4. The maximum atomic E-state index is 11.2. The Morgan fingerprint density at radius 3 is 2.69 bits per heavy atom. The first kappa shape index (κ1) is 11.9. The number of benzene rings is 1. The van der Waals surface area contributed by atoms with Crippen LogP contribution < -0.4 is 15.2 Å². The highest BCUT2D eigenvalue weighted by molar-refractivity contribution is 5.97. The van der Waals surface area contributed by atoms with Gasteiger partial charge in [0.05, 0.1) is 30.9 Å². The number of carbonyl (C=O) groups excluding carboxylic acids is 1. The number of rotatable bonds is 4. The average Bonchev–Trinajstić information content (AvgIpc) is 2.29. The van der Waals surface area contributed by atoms with Crippen molar-refractivity contribution in [3.05, 3.63) is 23.3 Å². The van der Waals surface area contributed by atoms with E-state index >= 15 is 0 Å². The predicted octanol–water partition coefficient (Wildman–Crippen LogP) is 1.06. The molecule has 0 spiro atoms. The Morgan fingerprint density at radius 2 is 2.25 bits per heavy atom. The van der Waals surface area contributed by atoms with Crippen LogP contribution in [-0.4, -0.2) is 19.6 Å². The standard InChI is InChI=1S/C11H12N2O3/c1-3-16-10-8(11(13)14)4-7(6-12)5-9(10)15-2/h4-5H,3H2,1-2H3,(H2,13,14). The summed E-state index contributed by atoms with van der Waals surface area (Å²) in [5.74, 6) is -0.0509. The van der Waals surface area contributed by atoms with Crippen LogP contribution in [0.4, 0.5) is 0 Å². The Balaban J connectivity index is 3.42. The summed E-state index contributed by atoms with van der Waals surface area (Å²) < 4.78 is 10.3. The minimum absolute atomic E-state index is 0.151. The second kappa shape index (κ2) is 5.03. The van der Waals surface area contributed by atoms with Gasteiger partial charge in [-0.05, 0) is 13.0 Å². The number of primary amides is 1. The molecule has 0 aliphatic rings. The molecule has 1 rings (SSSR count). The van der Waals surface area contributed by atoms with Crippen molar-refractivity contribution in [3.8, 4) is 17.6 Å². The minimum Gasteiger partial charge on any atom is -0.493 e. The molecule has 5 heteroatoms. The highest BCUT2D eigenvalue weighted by Gasteiger charge is 2.16. The number of nitrogens with zero attached hydrogens (tertiary/aromatic N) is 1. The molecule has 0 atom stereocenters. The van der Waals surface area contributed by atoms with E-state index in [0.717, 1.165) is 0 Å². The summed E-state index contributed by atoms with van der Waals surface area (Å²) in [7, 11) is 1.43. The summed E-state index contributed by atoms with van der Waals surface area (Å²) in [6.07, 6.45) is 0. The van der Waals surface area contributed by atoms with Crippen LogP contribution in [0.2, 0.25) is 0 Å². The molecule has 2 N–H and O–H groups in total. The molecule has 0 aliphatic heterocycles. The SMILES string of the molecule is CCOc1c(OC)cc(C#N)cc1C(N)=O. The molecule has 0 aromatic heterocycles. The van der Waals surface area contributed by atoms with E-state index in [2.05, 4.69) is 0 Å². The van der Waals surface area contributed by atoms with Gasteiger partial charge < -0.3 is 15.2 Å². The van der Waals surface area contributed by atoms with Crippen LogP contribution in [0.1, 0.15) is 22.8 Å². The lowest BCUT2D eigenvalue weighted by Crippen LogP contribution is -2.14. The van der Waals surface area contributed by atoms with Gasteiger partial charge in [-0.2, -0.15) is 5.26 Å². The van der Waals surface area contributed by atoms with Crippen LogP contribution >= 0.6 is 0 Å². The van der Waals surface area contributed by atoms with Crippen LogP contribution in [-0.2, 0) is 0 Å². The van der Waals surface area contributed by atoms with Crippen molar-refractivity contribution in [2.75, 3.05) is 13.7 Å². The lowest BCUT2D eigenvalue weighted by Gasteiger charge is -2.12. The van der Waals surface area contributed by atoms with Crippen molar-refractivity contribution in [3.63, 3.8) is 0 Å². The van der Waals surface area contributed by atoms with Crippen molar-refractivity contribution in [1.29, 1.82) is 5.26 Å². The molecule has 1 aromatic rings. The van der Waals surface area contributed by atoms with E-state index in [4.69, 9.17) is 20.5 Å². The predicted molar refractivity (Wildman–Crippen MR) is 57.4 cm³/mol. The summed E-state index contributed by atoms with van der Waals surface area (Å²) in [6.45, 7) is 2.16. The maximum Gasteiger partial charge on any atom is 0.252 e. The number of carbonyl (C=O) groups is 1. The van der Waals surface area contributed by atoms with Gasteiger partial charge in [0.2, 0.25) is 0 Å². The van der Waals surface area contributed by atoms with Gasteiger partial charge in [0, 0.05) is 6.07 Å². The smallest absolute Gasteiger partial charge is 0.252 e. The number of methoxy groups -OCH3 is 1. The molecule has 1 aromatic carbocycles. The van der Waals surface area contributed by atoms with E-state index in [1.54, 1.807) is 6.92 Å². The molecular weight excluding hydrogens is 208 g/mol. The van der Waals surface area contributed by atoms with Crippen LogP contribution in [0.15, 0.2) is 12.1 Å². The van der Waals surface area contributed by atoms with Gasteiger partial charge in [-0.15, -0.1) is 0 Å². The van der Waals surface area contributed by atoms with Gasteiger partial charge in [-0.1, -0.05) is 0 Å². The van der Waals surface area contributed by atoms with Crippen molar-refractivity contribution >= 4 is 5.91 Å². The molecule has 0 heterocycles. The number of nitriles is 1. The van der Waals surface area contributed by atoms with Gasteiger partial charge in [0.1, 0.15) is 0 Å². The second-order valence-electron chi connectivity index (χ2n) is 2.96. The first-order valence-electron chi connectivity index (χ1n) is 4.68. The van der Waals surface area contributed by atoms with Crippen molar-refractivity contribution < 1.29 is 14.3 Å². The second-order valence-corrected chi connectivity index (χ2v) is 2.96. The monoisotopic (exact) mass is 220 g/mol. The van der Waals surface area contributed by atoms with Gasteiger partial charge >= 0.3 is 0 Å². The average molecular weight is 220 g/mol. The van der Waals surface area contributed by atoms with Crippen LogP contribution in [0.5, 0.6) is 11.5 Å². The zero-order valence-electron chi connectivity index (χ0n) is 9.11. The van der Waals surface area contributed by atoms with E-state index < -0.39 is 5.91 Å². The molecule has 0 aliphatic carbocycles. The van der Waals surface area contributed by atoms with Crippen LogP contribution in [0.25, 0.3) is 0 Å². The molecule has 0 saturated carbocycles. The molecule has 0 radical (unpaired) electrons. The number of hydrogen-bond donors (Lipinski definition) is 1. The van der Waals surface area contributed by atoms with Crippen LogP contribution in [0.3, 0.4) is 0 Å². The fourth-order valence-corrected chi connectivity index (χ4v) is 1.29. The molecule has 5 nitrogen and oxygen atoms in total. The lowest BCUT2D eigenvalue weighted by atomic mass is 10.1. The molecule has 16 heavy (non-hydrogen) atoms. The van der Waals surface area contributed by atoms with Crippen molar-refractivity contribution in [2.24, 2.45) is 5.73 Å². The molecular formula is C11H12N2O3. The van der Waals surface area contributed by atoms with Crippen molar-refractivity contribution in [1.82, 2.24) is 0 Å². The highest BCUT2D eigenvalue weighted by Crippen LogP contribution is 2.32. The highest BCUT2D eigenvalue weighted by atomic mass is 16.5. The molecule has 0 fully saturated rings. The maximum absolute atomic E-state index is 11.2. The third-order valence-corrected chi connectivity index (χ3v) is 1.96. The third kappa shape index (κ3) is 2.23. The quantitative estimate of drug-likeness (QED) is 0.822. The molecule has 0 saturated heterocycles. The number of nitrogens with two attached hydrogens (primary N) is 1. The third-order valence-electron chi connectivity index (χ3n) is 1.96. The normalized spacial score (nSPS) is 9.31. The molecule has 1 amide bonds. The zero-order chi connectivity index (χ0) is 12.1. The summed E-state index contributed by atoms with van der Waals surface area (Å²) in [4.78, 5) is 11.2. The molecule has 0 unspecified atom stereocenters. The zero-order valence-corrected chi connectivity index (χ0v) is 9.11. The Kier molecular flexibility index (Phi) is 3.72. The topological polar surface area (TPSA) is 85.3 Å². The minimum atomic E-state index is -0.654. The molecule has 84 valence electrons. The molecule has 0 bridgehead atoms. The number of amides is 1. The van der Waals surface area contributed by atoms with E-state index in [9.17, 15) is 4.79 Å². The van der Waals surface area contributed by atoms with Gasteiger partial charge in [0.25, 0.3) is 5.91 Å². The Hall–Kier alpha value is -2.22. The van der Waals surface area contributed by atoms with Crippen LogP contribution in [0, 0.1) is 11.3 Å². The summed E-state index contributed by atoms with van der Waals surface area (Å²) in [5.41, 5.74) is 5.66. The Labute approximate surface area is 93.4 Å². The van der Waals surface area contributed by atoms with E-state index in [-0.39, 0.29) is 11.3 Å². The van der Waals surface area contributed by atoms with Gasteiger partial charge in [-0.3, -0.25) is 4.79 Å². The first-order valence-corrected chi connectivity index (χ1v) is 4.68. The fourth-order valence-electron chi connectivity index (χ4n) is 1.29. The Bertz CT molecular complexity index is 449. The lowest BCUT2D eigenvalue weighted by molar-refractivity contribution is 0.0996. The first-order chi connectivity index (χ1) is 7.63. The summed E-state index contributed by atoms with van der Waals surface area (Å²) in [5, 5.41) is 8.79.